The minimum absolute atomic E-state index is 0.219. The molecule has 0 aliphatic carbocycles. The van der Waals surface area contributed by atoms with Crippen LogP contribution in [0.25, 0.3) is 0 Å². The lowest BCUT2D eigenvalue weighted by molar-refractivity contribution is 0.0787. The highest BCUT2D eigenvalue weighted by Gasteiger charge is 2.16. The molecule has 2 aromatic rings. The molecular formula is C18H19Cl2N3O2. The van der Waals surface area contributed by atoms with Crippen molar-refractivity contribution in [3.05, 3.63) is 57.8 Å². The Bertz CT molecular complexity index is 781. The van der Waals surface area contributed by atoms with E-state index in [1.165, 1.54) is 18.3 Å². The first-order valence-electron chi connectivity index (χ1n) is 7.91. The highest BCUT2D eigenvalue weighted by Crippen LogP contribution is 2.29. The van der Waals surface area contributed by atoms with Crippen LogP contribution in [0.15, 0.2) is 36.5 Å². The quantitative estimate of drug-likeness (QED) is 0.802. The lowest BCUT2D eigenvalue weighted by atomic mass is 10.2. The van der Waals surface area contributed by atoms with E-state index in [1.807, 2.05) is 0 Å². The van der Waals surface area contributed by atoms with Crippen LogP contribution in [0.5, 0.6) is 0 Å². The van der Waals surface area contributed by atoms with Crippen molar-refractivity contribution in [1.82, 2.24) is 9.88 Å². The van der Waals surface area contributed by atoms with Crippen molar-refractivity contribution in [1.29, 1.82) is 0 Å². The molecule has 1 aromatic heterocycles. The third kappa shape index (κ3) is 4.94. The highest BCUT2D eigenvalue weighted by atomic mass is 35.5. The Hall–Kier alpha value is -2.11. The van der Waals surface area contributed by atoms with Gasteiger partial charge in [0.05, 0.1) is 15.7 Å². The molecule has 0 atom stereocenters. The molecule has 0 fully saturated rings. The van der Waals surface area contributed by atoms with Gasteiger partial charge in [-0.15, -0.1) is 0 Å². The van der Waals surface area contributed by atoms with E-state index in [-0.39, 0.29) is 16.6 Å². The number of nitrogens with zero attached hydrogens (tertiary/aromatic N) is 2. The Kier molecular flexibility index (Phi) is 6.79. The standard InChI is InChI=1S/C18H19Cl2N3O2/c1-3-4-10-23(2)18(25)15-11-12(8-9-21-15)17(24)22-14-7-5-6-13(19)16(14)20/h5-9,11H,3-4,10H2,1-2H3,(H,22,24). The lowest BCUT2D eigenvalue weighted by Crippen LogP contribution is -2.28. The van der Waals surface area contributed by atoms with Gasteiger partial charge in [-0.3, -0.25) is 14.6 Å². The first kappa shape index (κ1) is 19.2. The smallest absolute Gasteiger partial charge is 0.272 e. The molecule has 132 valence electrons. The van der Waals surface area contributed by atoms with Crippen LogP contribution < -0.4 is 5.32 Å². The van der Waals surface area contributed by atoms with Crippen molar-refractivity contribution in [3.63, 3.8) is 0 Å². The van der Waals surface area contributed by atoms with E-state index in [1.54, 1.807) is 30.1 Å². The molecule has 0 saturated heterocycles. The van der Waals surface area contributed by atoms with Crippen LogP contribution in [0.1, 0.15) is 40.6 Å². The van der Waals surface area contributed by atoms with Gasteiger partial charge in [0.15, 0.2) is 0 Å². The van der Waals surface area contributed by atoms with Crippen LogP contribution in [0, 0.1) is 0 Å². The summed E-state index contributed by atoms with van der Waals surface area (Å²) in [5, 5.41) is 3.30. The molecule has 25 heavy (non-hydrogen) atoms. The number of rotatable bonds is 6. The molecule has 0 bridgehead atoms. The number of nitrogens with one attached hydrogen (secondary N) is 1. The maximum absolute atomic E-state index is 12.4. The van der Waals surface area contributed by atoms with E-state index in [4.69, 9.17) is 23.2 Å². The Morgan fingerprint density at radius 2 is 2.00 bits per heavy atom. The first-order valence-corrected chi connectivity index (χ1v) is 8.66. The number of amides is 2. The molecule has 2 rings (SSSR count). The average molecular weight is 380 g/mol. The summed E-state index contributed by atoms with van der Waals surface area (Å²) in [4.78, 5) is 30.5. The fourth-order valence-corrected chi connectivity index (χ4v) is 2.52. The number of benzene rings is 1. The molecule has 0 spiro atoms. The summed E-state index contributed by atoms with van der Waals surface area (Å²) < 4.78 is 0. The van der Waals surface area contributed by atoms with Gasteiger partial charge in [-0.05, 0) is 30.7 Å². The topological polar surface area (TPSA) is 62.3 Å². The molecule has 1 heterocycles. The Morgan fingerprint density at radius 1 is 1.24 bits per heavy atom. The summed E-state index contributed by atoms with van der Waals surface area (Å²) >= 11 is 12.0. The van der Waals surface area contributed by atoms with E-state index >= 15 is 0 Å². The van der Waals surface area contributed by atoms with Crippen LogP contribution >= 0.6 is 23.2 Å². The van der Waals surface area contributed by atoms with Gasteiger partial charge in [-0.2, -0.15) is 0 Å². The Balaban J connectivity index is 2.16. The fourth-order valence-electron chi connectivity index (χ4n) is 2.18. The number of aromatic nitrogens is 1. The largest absolute Gasteiger partial charge is 0.340 e. The number of unbranched alkanes of at least 4 members (excludes halogenated alkanes) is 1. The highest BCUT2D eigenvalue weighted by molar-refractivity contribution is 6.44. The average Bonchev–Trinajstić information content (AvgIpc) is 2.62. The van der Waals surface area contributed by atoms with E-state index in [9.17, 15) is 9.59 Å². The van der Waals surface area contributed by atoms with Crippen LogP contribution in [0.4, 0.5) is 5.69 Å². The molecule has 0 saturated carbocycles. The molecule has 0 aliphatic rings. The lowest BCUT2D eigenvalue weighted by Gasteiger charge is -2.16. The summed E-state index contributed by atoms with van der Waals surface area (Å²) in [6.45, 7) is 2.70. The van der Waals surface area contributed by atoms with E-state index < -0.39 is 5.91 Å². The Morgan fingerprint density at radius 3 is 2.72 bits per heavy atom. The SMILES string of the molecule is CCCCN(C)C(=O)c1cc(C(=O)Nc2cccc(Cl)c2Cl)ccn1. The molecule has 1 aromatic carbocycles. The van der Waals surface area contributed by atoms with Gasteiger partial charge >= 0.3 is 0 Å². The molecule has 1 N–H and O–H groups in total. The zero-order chi connectivity index (χ0) is 18.4. The summed E-state index contributed by atoms with van der Waals surface area (Å²) in [5.74, 6) is -0.610. The van der Waals surface area contributed by atoms with E-state index in [2.05, 4.69) is 17.2 Å². The third-order valence-corrected chi connectivity index (χ3v) is 4.45. The molecular weight excluding hydrogens is 361 g/mol. The number of pyridine rings is 1. The maximum atomic E-state index is 12.4. The van der Waals surface area contributed by atoms with Crippen molar-refractivity contribution in [3.8, 4) is 0 Å². The van der Waals surface area contributed by atoms with Crippen LogP contribution in [0.2, 0.25) is 10.0 Å². The summed E-state index contributed by atoms with van der Waals surface area (Å²) in [5.41, 5.74) is 0.950. The molecule has 5 nitrogen and oxygen atoms in total. The predicted octanol–water partition coefficient (Wildman–Crippen LogP) is 4.51. The zero-order valence-corrected chi connectivity index (χ0v) is 15.6. The molecule has 0 unspecified atom stereocenters. The molecule has 2 amide bonds. The van der Waals surface area contributed by atoms with Crippen molar-refractivity contribution in [2.45, 2.75) is 19.8 Å². The molecule has 0 radical (unpaired) electrons. The minimum atomic E-state index is -0.392. The van der Waals surface area contributed by atoms with Gasteiger partial charge in [0.2, 0.25) is 0 Å². The second kappa shape index (κ2) is 8.83. The van der Waals surface area contributed by atoms with Crippen molar-refractivity contribution < 1.29 is 9.59 Å². The van der Waals surface area contributed by atoms with Crippen LogP contribution in [-0.4, -0.2) is 35.3 Å². The van der Waals surface area contributed by atoms with Gasteiger partial charge in [-0.1, -0.05) is 42.6 Å². The predicted molar refractivity (Wildman–Crippen MR) is 101 cm³/mol. The van der Waals surface area contributed by atoms with Gasteiger partial charge < -0.3 is 10.2 Å². The monoisotopic (exact) mass is 379 g/mol. The molecule has 0 aliphatic heterocycles. The van der Waals surface area contributed by atoms with E-state index in [0.29, 0.717) is 22.8 Å². The fraction of sp³-hybridized carbons (Fsp3) is 0.278. The second-order valence-electron chi connectivity index (χ2n) is 5.57. The van der Waals surface area contributed by atoms with Crippen LogP contribution in [0.3, 0.4) is 0 Å². The number of carbonyl (C=O) groups is 2. The Labute approximate surface area is 157 Å². The van der Waals surface area contributed by atoms with Crippen molar-refractivity contribution in [2.75, 3.05) is 18.9 Å². The molecule has 7 heteroatoms. The van der Waals surface area contributed by atoms with Gasteiger partial charge in [0.1, 0.15) is 5.69 Å². The van der Waals surface area contributed by atoms with Crippen molar-refractivity contribution >= 4 is 40.7 Å². The number of carbonyl (C=O) groups excluding carboxylic acids is 2. The van der Waals surface area contributed by atoms with Crippen molar-refractivity contribution in [2.24, 2.45) is 0 Å². The number of hydrogen-bond acceptors (Lipinski definition) is 3. The van der Waals surface area contributed by atoms with Gasteiger partial charge in [-0.25, -0.2) is 0 Å². The summed E-state index contributed by atoms with van der Waals surface area (Å²) in [6, 6.07) is 7.98. The summed E-state index contributed by atoms with van der Waals surface area (Å²) in [6.07, 6.45) is 3.35. The third-order valence-electron chi connectivity index (χ3n) is 3.63. The maximum Gasteiger partial charge on any atom is 0.272 e. The summed E-state index contributed by atoms with van der Waals surface area (Å²) in [7, 11) is 1.72. The number of halogens is 2. The normalized spacial score (nSPS) is 10.4. The number of anilines is 1. The number of hydrogen-bond donors (Lipinski definition) is 1. The zero-order valence-electron chi connectivity index (χ0n) is 14.1. The van der Waals surface area contributed by atoms with Gasteiger partial charge in [0.25, 0.3) is 11.8 Å². The van der Waals surface area contributed by atoms with E-state index in [0.717, 1.165) is 12.8 Å². The second-order valence-corrected chi connectivity index (χ2v) is 6.35. The van der Waals surface area contributed by atoms with Gasteiger partial charge in [0, 0.05) is 25.4 Å². The minimum Gasteiger partial charge on any atom is -0.340 e. The first-order chi connectivity index (χ1) is 11.9. The van der Waals surface area contributed by atoms with Crippen LogP contribution in [-0.2, 0) is 0 Å².